The number of benzene rings is 3. The quantitative estimate of drug-likeness (QED) is 0.384. The van der Waals surface area contributed by atoms with Gasteiger partial charge in [0.25, 0.3) is 5.91 Å². The fraction of sp³-hybridized carbons (Fsp3) is 0.160. The van der Waals surface area contributed by atoms with Gasteiger partial charge in [-0.1, -0.05) is 12.1 Å². The number of hydrogen-bond donors (Lipinski definition) is 2. The molecule has 0 aromatic heterocycles. The molecule has 8 nitrogen and oxygen atoms in total. The second-order valence-electron chi connectivity index (χ2n) is 6.92. The first-order valence-electron chi connectivity index (χ1n) is 10.3. The molecule has 2 N–H and O–H groups in total. The Bertz CT molecular complexity index is 1110. The van der Waals surface area contributed by atoms with Gasteiger partial charge in [-0.2, -0.15) is 0 Å². The lowest BCUT2D eigenvalue weighted by molar-refractivity contribution is -0.115. The summed E-state index contributed by atoms with van der Waals surface area (Å²) >= 11 is 0. The highest BCUT2D eigenvalue weighted by Crippen LogP contribution is 2.18. The Morgan fingerprint density at radius 2 is 1.48 bits per heavy atom. The van der Waals surface area contributed by atoms with Crippen molar-refractivity contribution in [2.45, 2.75) is 13.3 Å². The summed E-state index contributed by atoms with van der Waals surface area (Å²) in [5, 5.41) is 5.60. The first-order valence-corrected chi connectivity index (χ1v) is 10.3. The summed E-state index contributed by atoms with van der Waals surface area (Å²) in [6.45, 7) is 1.89. The average molecular weight is 448 g/mol. The van der Waals surface area contributed by atoms with Gasteiger partial charge in [0.1, 0.15) is 11.5 Å². The molecule has 170 valence electrons. The summed E-state index contributed by atoms with van der Waals surface area (Å²) in [5.41, 5.74) is 2.41. The molecule has 0 radical (unpaired) electrons. The van der Waals surface area contributed by atoms with Crippen molar-refractivity contribution in [3.63, 3.8) is 0 Å². The predicted molar refractivity (Wildman–Crippen MR) is 124 cm³/mol. The third kappa shape index (κ3) is 7.10. The van der Waals surface area contributed by atoms with Crippen LogP contribution in [-0.2, 0) is 16.0 Å². The van der Waals surface area contributed by atoms with Crippen molar-refractivity contribution in [1.29, 1.82) is 0 Å². The summed E-state index contributed by atoms with van der Waals surface area (Å²) in [6, 6.07) is 20.2. The van der Waals surface area contributed by atoms with Gasteiger partial charge in [0.2, 0.25) is 5.91 Å². The molecule has 0 aliphatic rings. The fourth-order valence-electron chi connectivity index (χ4n) is 2.93. The zero-order valence-corrected chi connectivity index (χ0v) is 18.3. The molecule has 3 aromatic rings. The molecule has 0 heterocycles. The minimum absolute atomic E-state index is 0.162. The monoisotopic (exact) mass is 448 g/mol. The lowest BCUT2D eigenvalue weighted by Gasteiger charge is -2.09. The second-order valence-corrected chi connectivity index (χ2v) is 6.92. The molecule has 0 bridgehead atoms. The van der Waals surface area contributed by atoms with E-state index >= 15 is 0 Å². The van der Waals surface area contributed by atoms with Crippen molar-refractivity contribution < 1.29 is 28.6 Å². The van der Waals surface area contributed by atoms with Gasteiger partial charge in [-0.15, -0.1) is 0 Å². The molecule has 3 aromatic carbocycles. The molecule has 3 rings (SSSR count). The average Bonchev–Trinajstić information content (AvgIpc) is 2.81. The zero-order chi connectivity index (χ0) is 23.6. The van der Waals surface area contributed by atoms with Crippen LogP contribution in [0.2, 0.25) is 0 Å². The normalized spacial score (nSPS) is 10.1. The van der Waals surface area contributed by atoms with Gasteiger partial charge in [-0.25, -0.2) is 4.79 Å². The van der Waals surface area contributed by atoms with E-state index in [1.807, 2.05) is 24.3 Å². The first kappa shape index (κ1) is 23.3. The maximum Gasteiger partial charge on any atom is 0.513 e. The molecule has 2 amide bonds. The molecular weight excluding hydrogens is 424 g/mol. The molecule has 0 spiro atoms. The highest BCUT2D eigenvalue weighted by Gasteiger charge is 2.10. The third-order valence-corrected chi connectivity index (χ3v) is 4.51. The molecule has 0 atom stereocenters. The standard InChI is InChI=1S/C25H24N2O6/c1-3-32-25(30)33-21-13-7-18(8-14-21)24(29)27-20-11-9-19(10-12-20)26-23(28)16-17-5-4-6-22(15-17)31-2/h4-15H,3,16H2,1-2H3,(H,26,28)(H,27,29). The fourth-order valence-corrected chi connectivity index (χ4v) is 2.93. The molecule has 0 fully saturated rings. The summed E-state index contributed by atoms with van der Waals surface area (Å²) in [6.07, 6.45) is -0.587. The van der Waals surface area contributed by atoms with Gasteiger partial charge >= 0.3 is 6.16 Å². The van der Waals surface area contributed by atoms with E-state index < -0.39 is 6.16 Å². The lowest BCUT2D eigenvalue weighted by atomic mass is 10.1. The van der Waals surface area contributed by atoms with Crippen molar-refractivity contribution in [3.8, 4) is 11.5 Å². The molecule has 8 heteroatoms. The maximum absolute atomic E-state index is 12.4. The number of carbonyl (C=O) groups is 3. The van der Waals surface area contributed by atoms with E-state index in [9.17, 15) is 14.4 Å². The lowest BCUT2D eigenvalue weighted by Crippen LogP contribution is -2.15. The SMILES string of the molecule is CCOC(=O)Oc1ccc(C(=O)Nc2ccc(NC(=O)Cc3cccc(OC)c3)cc2)cc1. The number of anilines is 2. The minimum atomic E-state index is -0.801. The summed E-state index contributed by atoms with van der Waals surface area (Å²) in [4.78, 5) is 36.1. The van der Waals surface area contributed by atoms with E-state index in [-0.39, 0.29) is 30.6 Å². The van der Waals surface area contributed by atoms with Gasteiger partial charge in [0, 0.05) is 16.9 Å². The van der Waals surface area contributed by atoms with Crippen LogP contribution in [0.15, 0.2) is 72.8 Å². The van der Waals surface area contributed by atoms with Crippen LogP contribution in [0.25, 0.3) is 0 Å². The Balaban J connectivity index is 1.52. The van der Waals surface area contributed by atoms with E-state index in [4.69, 9.17) is 14.2 Å². The van der Waals surface area contributed by atoms with Crippen molar-refractivity contribution in [2.24, 2.45) is 0 Å². The number of hydrogen-bond acceptors (Lipinski definition) is 6. The van der Waals surface area contributed by atoms with Crippen LogP contribution < -0.4 is 20.1 Å². The number of rotatable bonds is 8. The van der Waals surface area contributed by atoms with Crippen molar-refractivity contribution in [3.05, 3.63) is 83.9 Å². The zero-order valence-electron chi connectivity index (χ0n) is 18.3. The highest BCUT2D eigenvalue weighted by atomic mass is 16.7. The van der Waals surface area contributed by atoms with Crippen LogP contribution in [-0.4, -0.2) is 31.7 Å². The van der Waals surface area contributed by atoms with E-state index in [1.165, 1.54) is 24.3 Å². The number of methoxy groups -OCH3 is 1. The number of ether oxygens (including phenoxy) is 3. The van der Waals surface area contributed by atoms with Crippen LogP contribution in [0, 0.1) is 0 Å². The Morgan fingerprint density at radius 3 is 2.12 bits per heavy atom. The van der Waals surface area contributed by atoms with E-state index in [0.29, 0.717) is 22.7 Å². The number of amides is 2. The maximum atomic E-state index is 12.4. The van der Waals surface area contributed by atoms with Crippen LogP contribution in [0.4, 0.5) is 16.2 Å². The number of nitrogens with one attached hydrogen (secondary N) is 2. The Labute approximate surface area is 191 Å². The highest BCUT2D eigenvalue weighted by molar-refractivity contribution is 6.04. The van der Waals surface area contributed by atoms with Crippen LogP contribution in [0.3, 0.4) is 0 Å². The summed E-state index contributed by atoms with van der Waals surface area (Å²) in [5.74, 6) is 0.485. The van der Waals surface area contributed by atoms with Gasteiger partial charge in [0.05, 0.1) is 20.1 Å². The largest absolute Gasteiger partial charge is 0.513 e. The molecular formula is C25H24N2O6. The Hall–Kier alpha value is -4.33. The smallest absolute Gasteiger partial charge is 0.497 e. The predicted octanol–water partition coefficient (Wildman–Crippen LogP) is 4.66. The van der Waals surface area contributed by atoms with Crippen molar-refractivity contribution >= 4 is 29.3 Å². The third-order valence-electron chi connectivity index (χ3n) is 4.51. The van der Waals surface area contributed by atoms with E-state index in [1.54, 1.807) is 38.3 Å². The van der Waals surface area contributed by atoms with Crippen LogP contribution in [0.5, 0.6) is 11.5 Å². The van der Waals surface area contributed by atoms with Crippen molar-refractivity contribution in [2.75, 3.05) is 24.4 Å². The first-order chi connectivity index (χ1) is 16.0. The van der Waals surface area contributed by atoms with Gasteiger partial charge in [-0.05, 0) is 73.2 Å². The molecule has 0 unspecified atom stereocenters. The molecule has 0 saturated carbocycles. The van der Waals surface area contributed by atoms with Crippen LogP contribution >= 0.6 is 0 Å². The molecule has 33 heavy (non-hydrogen) atoms. The van der Waals surface area contributed by atoms with Gasteiger partial charge < -0.3 is 24.8 Å². The van der Waals surface area contributed by atoms with Gasteiger partial charge in [-0.3, -0.25) is 9.59 Å². The minimum Gasteiger partial charge on any atom is -0.497 e. The van der Waals surface area contributed by atoms with Crippen LogP contribution in [0.1, 0.15) is 22.8 Å². The van der Waals surface area contributed by atoms with Crippen molar-refractivity contribution in [1.82, 2.24) is 0 Å². The Kier molecular flexibility index (Phi) is 8.02. The topological polar surface area (TPSA) is 103 Å². The second kappa shape index (κ2) is 11.3. The van der Waals surface area contributed by atoms with E-state index in [2.05, 4.69) is 10.6 Å². The molecule has 0 aliphatic heterocycles. The Morgan fingerprint density at radius 1 is 0.818 bits per heavy atom. The number of carbonyl (C=O) groups excluding carboxylic acids is 3. The van der Waals surface area contributed by atoms with Gasteiger partial charge in [0.15, 0.2) is 0 Å². The summed E-state index contributed by atoms with van der Waals surface area (Å²) in [7, 11) is 1.58. The molecule has 0 aliphatic carbocycles. The summed E-state index contributed by atoms with van der Waals surface area (Å²) < 4.78 is 14.8. The van der Waals surface area contributed by atoms with E-state index in [0.717, 1.165) is 5.56 Å². The molecule has 0 saturated heterocycles.